The van der Waals surface area contributed by atoms with Gasteiger partial charge in [0.15, 0.2) is 6.10 Å². The largest absolute Gasteiger partial charge is 0.363 e. The predicted octanol–water partition coefficient (Wildman–Crippen LogP) is 2.41. The Morgan fingerprint density at radius 3 is 2.65 bits per heavy atom. The first kappa shape index (κ1) is 13.5. The zero-order valence-corrected chi connectivity index (χ0v) is 11.1. The number of amides is 1. The van der Waals surface area contributed by atoms with Crippen molar-refractivity contribution in [1.82, 2.24) is 4.90 Å². The minimum atomic E-state index is -2.41. The standard InChI is InChI=1S/C15H17F2NO2/c16-14(17)12-3-1-10(2-4-12)7-11-5-6-18(8-11)15(19)13-9-20-13/h1-4,11,13-14H,5-9H2. The molecule has 1 amide bonds. The molecule has 2 unspecified atom stereocenters. The summed E-state index contributed by atoms with van der Waals surface area (Å²) in [5.74, 6) is 0.510. The van der Waals surface area contributed by atoms with Gasteiger partial charge >= 0.3 is 0 Å². The highest BCUT2D eigenvalue weighted by molar-refractivity contribution is 5.83. The van der Waals surface area contributed by atoms with Crippen molar-refractivity contribution in [1.29, 1.82) is 0 Å². The zero-order chi connectivity index (χ0) is 14.1. The summed E-state index contributed by atoms with van der Waals surface area (Å²) < 4.78 is 29.9. The predicted molar refractivity (Wildman–Crippen MR) is 69.5 cm³/mol. The van der Waals surface area contributed by atoms with Gasteiger partial charge in [0.1, 0.15) is 0 Å². The fraction of sp³-hybridized carbons (Fsp3) is 0.533. The van der Waals surface area contributed by atoms with Crippen molar-refractivity contribution in [3.63, 3.8) is 0 Å². The maximum atomic E-state index is 12.5. The molecule has 3 rings (SSSR count). The van der Waals surface area contributed by atoms with Crippen LogP contribution in [-0.4, -0.2) is 36.6 Å². The monoisotopic (exact) mass is 281 g/mol. The van der Waals surface area contributed by atoms with Crippen molar-refractivity contribution >= 4 is 5.91 Å². The summed E-state index contributed by atoms with van der Waals surface area (Å²) >= 11 is 0. The summed E-state index contributed by atoms with van der Waals surface area (Å²) in [7, 11) is 0. The van der Waals surface area contributed by atoms with E-state index >= 15 is 0 Å². The summed E-state index contributed by atoms with van der Waals surface area (Å²) in [6, 6.07) is 6.48. The number of rotatable bonds is 4. The summed E-state index contributed by atoms with van der Waals surface area (Å²) in [5.41, 5.74) is 1.11. The average molecular weight is 281 g/mol. The van der Waals surface area contributed by atoms with Gasteiger partial charge < -0.3 is 9.64 Å². The SMILES string of the molecule is O=C(C1CO1)N1CCC(Cc2ccc(C(F)F)cc2)C1. The molecule has 0 saturated carbocycles. The first-order chi connectivity index (χ1) is 9.63. The van der Waals surface area contributed by atoms with Gasteiger partial charge in [-0.05, 0) is 24.3 Å². The molecule has 2 saturated heterocycles. The highest BCUT2D eigenvalue weighted by Crippen LogP contribution is 2.25. The van der Waals surface area contributed by atoms with Crippen molar-refractivity contribution in [3.8, 4) is 0 Å². The number of carbonyl (C=O) groups is 1. The van der Waals surface area contributed by atoms with Gasteiger partial charge in [-0.15, -0.1) is 0 Å². The van der Waals surface area contributed by atoms with Crippen molar-refractivity contribution in [2.75, 3.05) is 19.7 Å². The maximum Gasteiger partial charge on any atom is 0.263 e. The molecule has 2 atom stereocenters. The third kappa shape index (κ3) is 2.98. The number of ether oxygens (including phenoxy) is 1. The van der Waals surface area contributed by atoms with Crippen molar-refractivity contribution in [2.24, 2.45) is 5.92 Å². The maximum absolute atomic E-state index is 12.5. The van der Waals surface area contributed by atoms with Crippen molar-refractivity contribution in [3.05, 3.63) is 35.4 Å². The number of hydrogen-bond acceptors (Lipinski definition) is 2. The van der Waals surface area contributed by atoms with Gasteiger partial charge in [0, 0.05) is 18.7 Å². The highest BCUT2D eigenvalue weighted by atomic mass is 19.3. The second-order valence-electron chi connectivity index (χ2n) is 5.51. The minimum absolute atomic E-state index is 0.0582. The molecular formula is C15H17F2NO2. The number of carbonyl (C=O) groups excluding carboxylic acids is 1. The minimum Gasteiger partial charge on any atom is -0.363 e. The molecule has 2 heterocycles. The van der Waals surface area contributed by atoms with Crippen LogP contribution in [0, 0.1) is 5.92 Å². The molecule has 2 aliphatic heterocycles. The first-order valence-corrected chi connectivity index (χ1v) is 6.91. The van der Waals surface area contributed by atoms with Crippen LogP contribution >= 0.6 is 0 Å². The van der Waals surface area contributed by atoms with Crippen molar-refractivity contribution < 1.29 is 18.3 Å². The average Bonchev–Trinajstić information content (AvgIpc) is 3.19. The summed E-state index contributed by atoms with van der Waals surface area (Å²) in [6.07, 6.45) is -0.824. The summed E-state index contributed by atoms with van der Waals surface area (Å²) in [6.45, 7) is 2.07. The lowest BCUT2D eigenvalue weighted by molar-refractivity contribution is -0.131. The molecule has 0 radical (unpaired) electrons. The lowest BCUT2D eigenvalue weighted by atomic mass is 9.98. The Morgan fingerprint density at radius 2 is 2.05 bits per heavy atom. The second-order valence-corrected chi connectivity index (χ2v) is 5.51. The third-order valence-corrected chi connectivity index (χ3v) is 3.96. The normalized spacial score (nSPS) is 25.2. The van der Waals surface area contributed by atoms with Crippen molar-refractivity contribution in [2.45, 2.75) is 25.4 Å². The Hall–Kier alpha value is -1.49. The molecule has 108 valence electrons. The molecule has 2 aliphatic rings. The van der Waals surface area contributed by atoms with E-state index in [9.17, 15) is 13.6 Å². The van der Waals surface area contributed by atoms with Crippen LogP contribution in [0.3, 0.4) is 0 Å². The molecule has 0 aliphatic carbocycles. The van der Waals surface area contributed by atoms with E-state index in [2.05, 4.69) is 0 Å². The molecule has 2 fully saturated rings. The topological polar surface area (TPSA) is 32.8 Å². The Kier molecular flexibility index (Phi) is 3.70. The van der Waals surface area contributed by atoms with Crippen LogP contribution in [0.2, 0.25) is 0 Å². The molecule has 0 N–H and O–H groups in total. The van der Waals surface area contributed by atoms with Gasteiger partial charge in [0.2, 0.25) is 0 Å². The number of alkyl halides is 2. The molecule has 5 heteroatoms. The lowest BCUT2D eigenvalue weighted by Crippen LogP contribution is -2.32. The molecule has 1 aromatic carbocycles. The second kappa shape index (κ2) is 5.48. The molecular weight excluding hydrogens is 264 g/mol. The number of halogens is 2. The van der Waals surface area contributed by atoms with E-state index < -0.39 is 6.43 Å². The van der Waals surface area contributed by atoms with Gasteiger partial charge in [-0.25, -0.2) is 8.78 Å². The van der Waals surface area contributed by atoms with E-state index in [4.69, 9.17) is 4.74 Å². The number of nitrogens with zero attached hydrogens (tertiary/aromatic N) is 1. The van der Waals surface area contributed by atoms with E-state index in [-0.39, 0.29) is 17.6 Å². The Balaban J connectivity index is 1.54. The molecule has 20 heavy (non-hydrogen) atoms. The quantitative estimate of drug-likeness (QED) is 0.794. The molecule has 3 nitrogen and oxygen atoms in total. The number of benzene rings is 1. The van der Waals surface area contributed by atoms with Crippen LogP contribution in [0.1, 0.15) is 24.0 Å². The van der Waals surface area contributed by atoms with E-state index in [0.717, 1.165) is 31.5 Å². The molecule has 1 aromatic rings. The van der Waals surface area contributed by atoms with Gasteiger partial charge in [-0.3, -0.25) is 4.79 Å². The van der Waals surface area contributed by atoms with E-state index in [0.29, 0.717) is 12.5 Å². The summed E-state index contributed by atoms with van der Waals surface area (Å²) in [5, 5.41) is 0. The van der Waals surface area contributed by atoms with Gasteiger partial charge in [0.05, 0.1) is 6.61 Å². The molecule has 0 spiro atoms. The number of hydrogen-bond donors (Lipinski definition) is 0. The van der Waals surface area contributed by atoms with Crippen LogP contribution < -0.4 is 0 Å². The van der Waals surface area contributed by atoms with E-state index in [1.165, 1.54) is 12.1 Å². The fourth-order valence-electron chi connectivity index (χ4n) is 2.73. The van der Waals surface area contributed by atoms with Crippen LogP contribution in [-0.2, 0) is 16.0 Å². The number of epoxide rings is 1. The smallest absolute Gasteiger partial charge is 0.263 e. The van der Waals surface area contributed by atoms with E-state index in [1.807, 2.05) is 4.90 Å². The van der Waals surface area contributed by atoms with Crippen LogP contribution in [0.5, 0.6) is 0 Å². The first-order valence-electron chi connectivity index (χ1n) is 6.91. The highest BCUT2D eigenvalue weighted by Gasteiger charge is 2.37. The van der Waals surface area contributed by atoms with Crippen LogP contribution in [0.4, 0.5) is 8.78 Å². The summed E-state index contributed by atoms with van der Waals surface area (Å²) in [4.78, 5) is 13.7. The molecule has 0 bridgehead atoms. The van der Waals surface area contributed by atoms with Crippen LogP contribution in [0.25, 0.3) is 0 Å². The van der Waals surface area contributed by atoms with Gasteiger partial charge in [-0.2, -0.15) is 0 Å². The Bertz CT molecular complexity index is 485. The Morgan fingerprint density at radius 1 is 1.35 bits per heavy atom. The van der Waals surface area contributed by atoms with Gasteiger partial charge in [-0.1, -0.05) is 24.3 Å². The van der Waals surface area contributed by atoms with E-state index in [1.54, 1.807) is 12.1 Å². The lowest BCUT2D eigenvalue weighted by Gasteiger charge is -2.15. The Labute approximate surface area is 116 Å². The fourth-order valence-corrected chi connectivity index (χ4v) is 2.73. The van der Waals surface area contributed by atoms with Gasteiger partial charge in [0.25, 0.3) is 12.3 Å². The zero-order valence-electron chi connectivity index (χ0n) is 11.1. The van der Waals surface area contributed by atoms with Crippen LogP contribution in [0.15, 0.2) is 24.3 Å². The molecule has 0 aromatic heterocycles. The third-order valence-electron chi connectivity index (χ3n) is 3.96. The number of likely N-dealkylation sites (tertiary alicyclic amines) is 1.